The zero-order valence-corrected chi connectivity index (χ0v) is 9.42. The SMILES string of the molecule is CC(C)[N+]1(C)C2CCCC1CCC2. The topological polar surface area (TPSA) is 0 Å². The Labute approximate surface area is 82.7 Å². The van der Waals surface area contributed by atoms with Crippen molar-refractivity contribution < 1.29 is 4.48 Å². The Bertz CT molecular complexity index is 164. The van der Waals surface area contributed by atoms with Gasteiger partial charge in [0.05, 0.1) is 25.2 Å². The van der Waals surface area contributed by atoms with E-state index in [9.17, 15) is 0 Å². The van der Waals surface area contributed by atoms with E-state index in [0.29, 0.717) is 0 Å². The Morgan fingerprint density at radius 3 is 1.54 bits per heavy atom. The molecule has 2 rings (SSSR count). The Hall–Kier alpha value is -0.0400. The highest BCUT2D eigenvalue weighted by molar-refractivity contribution is 4.79. The largest absolute Gasteiger partial charge is 0.319 e. The summed E-state index contributed by atoms with van der Waals surface area (Å²) in [5.74, 6) is 0. The molecular weight excluding hydrogens is 158 g/mol. The Morgan fingerprint density at radius 2 is 1.31 bits per heavy atom. The molecule has 2 aliphatic heterocycles. The van der Waals surface area contributed by atoms with Gasteiger partial charge >= 0.3 is 0 Å². The summed E-state index contributed by atoms with van der Waals surface area (Å²) in [6.45, 7) is 4.83. The summed E-state index contributed by atoms with van der Waals surface area (Å²) in [6, 6.07) is 2.82. The van der Waals surface area contributed by atoms with Gasteiger partial charge in [0.15, 0.2) is 0 Å². The average Bonchev–Trinajstić information content (AvgIpc) is 2.02. The van der Waals surface area contributed by atoms with E-state index in [0.717, 1.165) is 18.1 Å². The Morgan fingerprint density at radius 1 is 0.923 bits per heavy atom. The Balaban J connectivity index is 2.23. The van der Waals surface area contributed by atoms with Crippen LogP contribution in [0.15, 0.2) is 0 Å². The predicted octanol–water partition coefficient (Wildman–Crippen LogP) is 2.95. The summed E-state index contributed by atoms with van der Waals surface area (Å²) in [5, 5.41) is 0. The van der Waals surface area contributed by atoms with Crippen LogP contribution >= 0.6 is 0 Å². The van der Waals surface area contributed by atoms with Crippen molar-refractivity contribution in [2.24, 2.45) is 0 Å². The van der Waals surface area contributed by atoms with Gasteiger partial charge in [-0.25, -0.2) is 0 Å². The summed E-state index contributed by atoms with van der Waals surface area (Å²) < 4.78 is 1.39. The predicted molar refractivity (Wildman–Crippen MR) is 56.6 cm³/mol. The molecule has 0 radical (unpaired) electrons. The summed E-state index contributed by atoms with van der Waals surface area (Å²) in [6.07, 6.45) is 8.96. The highest BCUT2D eigenvalue weighted by atomic mass is 15.4. The van der Waals surface area contributed by atoms with E-state index in [1.54, 1.807) is 0 Å². The fourth-order valence-electron chi connectivity index (χ4n) is 3.72. The van der Waals surface area contributed by atoms with Crippen molar-refractivity contribution in [3.8, 4) is 0 Å². The minimum atomic E-state index is 0.829. The molecule has 0 saturated carbocycles. The molecule has 0 amide bonds. The highest BCUT2D eigenvalue weighted by Gasteiger charge is 2.47. The third-order valence-corrected chi connectivity index (χ3v) is 4.84. The first-order valence-corrected chi connectivity index (χ1v) is 6.01. The molecule has 2 heterocycles. The maximum atomic E-state index is 2.51. The third kappa shape index (κ3) is 1.32. The lowest BCUT2D eigenvalue weighted by molar-refractivity contribution is -0.984. The van der Waals surface area contributed by atoms with Crippen LogP contribution < -0.4 is 0 Å². The van der Waals surface area contributed by atoms with Crippen molar-refractivity contribution in [3.05, 3.63) is 0 Å². The summed E-state index contributed by atoms with van der Waals surface area (Å²) in [7, 11) is 2.51. The van der Waals surface area contributed by atoms with Crippen molar-refractivity contribution in [3.63, 3.8) is 0 Å². The molecular formula is C12H24N+. The molecule has 2 bridgehead atoms. The first kappa shape index (κ1) is 9.51. The molecule has 2 fully saturated rings. The fraction of sp³-hybridized carbons (Fsp3) is 1.00. The summed E-state index contributed by atoms with van der Waals surface area (Å²) in [5.41, 5.74) is 0. The smallest absolute Gasteiger partial charge is 0.0892 e. The van der Waals surface area contributed by atoms with Crippen molar-refractivity contribution >= 4 is 0 Å². The minimum absolute atomic E-state index is 0.829. The lowest BCUT2D eigenvalue weighted by Crippen LogP contribution is -2.66. The van der Waals surface area contributed by atoms with Gasteiger partial charge in [-0.1, -0.05) is 0 Å². The molecule has 0 aromatic heterocycles. The van der Waals surface area contributed by atoms with Crippen LogP contribution in [0, 0.1) is 0 Å². The normalized spacial score (nSPS) is 45.2. The van der Waals surface area contributed by atoms with Crippen LogP contribution in [-0.4, -0.2) is 29.7 Å². The Kier molecular flexibility index (Phi) is 2.39. The van der Waals surface area contributed by atoms with Crippen molar-refractivity contribution in [1.29, 1.82) is 0 Å². The average molecular weight is 182 g/mol. The molecule has 2 saturated heterocycles. The zero-order chi connectivity index (χ0) is 9.47. The van der Waals surface area contributed by atoms with Gasteiger partial charge in [0.1, 0.15) is 0 Å². The first-order chi connectivity index (χ1) is 6.15. The molecule has 0 aromatic carbocycles. The molecule has 1 heteroatoms. The van der Waals surface area contributed by atoms with Gasteiger partial charge in [0.25, 0.3) is 0 Å². The second-order valence-corrected chi connectivity index (χ2v) is 5.49. The van der Waals surface area contributed by atoms with E-state index in [1.165, 1.54) is 43.0 Å². The molecule has 0 aliphatic carbocycles. The number of nitrogens with zero attached hydrogens (tertiary/aromatic N) is 1. The lowest BCUT2D eigenvalue weighted by atomic mass is 9.80. The van der Waals surface area contributed by atoms with Crippen LogP contribution in [0.25, 0.3) is 0 Å². The molecule has 0 N–H and O–H groups in total. The second-order valence-electron chi connectivity index (χ2n) is 5.49. The molecule has 2 aliphatic rings. The molecule has 0 aromatic rings. The van der Waals surface area contributed by atoms with Crippen LogP contribution in [0.4, 0.5) is 0 Å². The van der Waals surface area contributed by atoms with Gasteiger partial charge < -0.3 is 4.48 Å². The minimum Gasteiger partial charge on any atom is -0.319 e. The van der Waals surface area contributed by atoms with Gasteiger partial charge in [-0.2, -0.15) is 0 Å². The van der Waals surface area contributed by atoms with E-state index < -0.39 is 0 Å². The van der Waals surface area contributed by atoms with Crippen LogP contribution in [0.2, 0.25) is 0 Å². The summed E-state index contributed by atoms with van der Waals surface area (Å²) >= 11 is 0. The van der Waals surface area contributed by atoms with E-state index in [1.807, 2.05) is 0 Å². The van der Waals surface area contributed by atoms with Crippen molar-refractivity contribution in [2.45, 2.75) is 70.5 Å². The third-order valence-electron chi connectivity index (χ3n) is 4.84. The van der Waals surface area contributed by atoms with Gasteiger partial charge in [-0.05, 0) is 52.4 Å². The maximum absolute atomic E-state index is 2.51. The summed E-state index contributed by atoms with van der Waals surface area (Å²) in [4.78, 5) is 0. The standard InChI is InChI=1S/C12H24N/c1-10(2)13(3)11-6-4-7-12(13)9-5-8-11/h10-12H,4-9H2,1-3H3/q+1. The number of hydrogen-bond acceptors (Lipinski definition) is 0. The molecule has 1 nitrogen and oxygen atoms in total. The van der Waals surface area contributed by atoms with Gasteiger partial charge in [-0.15, -0.1) is 0 Å². The van der Waals surface area contributed by atoms with E-state index in [2.05, 4.69) is 20.9 Å². The van der Waals surface area contributed by atoms with Gasteiger partial charge in [0, 0.05) is 0 Å². The number of fused-ring (bicyclic) bond motifs is 2. The molecule has 76 valence electrons. The highest BCUT2D eigenvalue weighted by Crippen LogP contribution is 2.40. The van der Waals surface area contributed by atoms with Gasteiger partial charge in [-0.3, -0.25) is 0 Å². The van der Waals surface area contributed by atoms with Crippen molar-refractivity contribution in [2.75, 3.05) is 7.05 Å². The number of rotatable bonds is 1. The van der Waals surface area contributed by atoms with Gasteiger partial charge in [0.2, 0.25) is 0 Å². The number of quaternary nitrogens is 1. The van der Waals surface area contributed by atoms with E-state index in [-0.39, 0.29) is 0 Å². The zero-order valence-electron chi connectivity index (χ0n) is 9.42. The molecule has 0 spiro atoms. The molecule has 0 unspecified atom stereocenters. The fourth-order valence-corrected chi connectivity index (χ4v) is 3.72. The van der Waals surface area contributed by atoms with Crippen LogP contribution in [0.3, 0.4) is 0 Å². The molecule has 0 atom stereocenters. The second kappa shape index (κ2) is 3.27. The van der Waals surface area contributed by atoms with Crippen LogP contribution in [0.1, 0.15) is 52.4 Å². The maximum Gasteiger partial charge on any atom is 0.0892 e. The lowest BCUT2D eigenvalue weighted by Gasteiger charge is -2.56. The monoisotopic (exact) mass is 182 g/mol. The van der Waals surface area contributed by atoms with E-state index >= 15 is 0 Å². The van der Waals surface area contributed by atoms with E-state index in [4.69, 9.17) is 0 Å². The number of piperidine rings is 2. The van der Waals surface area contributed by atoms with Crippen LogP contribution in [0.5, 0.6) is 0 Å². The quantitative estimate of drug-likeness (QED) is 0.547. The van der Waals surface area contributed by atoms with Crippen LogP contribution in [-0.2, 0) is 0 Å². The molecule has 13 heavy (non-hydrogen) atoms. The van der Waals surface area contributed by atoms with Crippen molar-refractivity contribution in [1.82, 2.24) is 0 Å². The number of hydrogen-bond donors (Lipinski definition) is 0. The first-order valence-electron chi connectivity index (χ1n) is 6.01.